The number of aromatic nitrogens is 1. The molecule has 9 aromatic rings. The molecule has 0 aliphatic rings. The molecule has 0 saturated heterocycles. The second kappa shape index (κ2) is 25.4. The first-order chi connectivity index (χ1) is 35.8. The number of nitrogens with zero attached hydrogens (tertiary/aromatic N) is 1. The number of hydrogen-bond donors (Lipinski definition) is 1. The van der Waals surface area contributed by atoms with E-state index in [1.165, 1.54) is 38.6 Å². The molecule has 73 heavy (non-hydrogen) atoms. The number of nitrogens with one attached hydrogen (secondary N) is 1. The van der Waals surface area contributed by atoms with E-state index in [-0.39, 0.29) is 0 Å². The van der Waals surface area contributed by atoms with Gasteiger partial charge in [-0.05, 0) is 162 Å². The van der Waals surface area contributed by atoms with E-state index in [1.807, 2.05) is 32.9 Å². The fourth-order valence-corrected chi connectivity index (χ4v) is 9.14. The molecule has 0 fully saturated rings. The van der Waals surface area contributed by atoms with Crippen molar-refractivity contribution in [3.63, 3.8) is 0 Å². The van der Waals surface area contributed by atoms with E-state index >= 15 is 0 Å². The van der Waals surface area contributed by atoms with Crippen molar-refractivity contribution < 1.29 is 0 Å². The lowest BCUT2D eigenvalue weighted by atomic mass is 9.91. The largest absolute Gasteiger partial charge is 0.355 e. The van der Waals surface area contributed by atoms with Gasteiger partial charge < -0.3 is 9.88 Å². The van der Waals surface area contributed by atoms with Gasteiger partial charge in [-0.3, -0.25) is 0 Å². The lowest BCUT2D eigenvalue weighted by molar-refractivity contribution is 1.24. The Labute approximate surface area is 435 Å². The minimum absolute atomic E-state index is 0.953. The molecular formula is C71H68N2. The normalized spacial score (nSPS) is 11.9. The van der Waals surface area contributed by atoms with E-state index in [2.05, 4.69) is 282 Å². The van der Waals surface area contributed by atoms with Crippen molar-refractivity contribution in [2.45, 2.75) is 48.5 Å². The lowest BCUT2D eigenvalue weighted by Gasteiger charge is -2.18. The van der Waals surface area contributed by atoms with Crippen molar-refractivity contribution in [2.24, 2.45) is 0 Å². The molecular weight excluding hydrogens is 881 g/mol. The van der Waals surface area contributed by atoms with Crippen LogP contribution in [0.5, 0.6) is 0 Å². The van der Waals surface area contributed by atoms with Gasteiger partial charge in [-0.1, -0.05) is 209 Å². The predicted octanol–water partition coefficient (Wildman–Crippen LogP) is 21.0. The summed E-state index contributed by atoms with van der Waals surface area (Å²) in [6.07, 6.45) is 16.5. The summed E-state index contributed by atoms with van der Waals surface area (Å²) in [5, 5.41) is 6.19. The van der Waals surface area contributed by atoms with Gasteiger partial charge in [-0.2, -0.15) is 0 Å². The topological polar surface area (TPSA) is 17.0 Å². The number of benzene rings is 8. The minimum Gasteiger partial charge on any atom is -0.355 e. The second-order valence-corrected chi connectivity index (χ2v) is 17.5. The summed E-state index contributed by atoms with van der Waals surface area (Å²) in [5.41, 5.74) is 21.3. The van der Waals surface area contributed by atoms with Crippen molar-refractivity contribution >= 4 is 61.2 Å². The molecule has 0 atom stereocenters. The molecule has 1 heterocycles. The molecule has 0 amide bonds. The van der Waals surface area contributed by atoms with E-state index in [0.717, 1.165) is 78.2 Å². The van der Waals surface area contributed by atoms with Gasteiger partial charge in [0.15, 0.2) is 0 Å². The molecule has 0 radical (unpaired) electrons. The molecule has 8 aromatic carbocycles. The van der Waals surface area contributed by atoms with E-state index in [4.69, 9.17) is 0 Å². The maximum atomic E-state index is 4.46. The minimum atomic E-state index is 0.953. The van der Waals surface area contributed by atoms with E-state index in [9.17, 15) is 0 Å². The quantitative estimate of drug-likeness (QED) is 0.0653. The van der Waals surface area contributed by atoms with Crippen molar-refractivity contribution in [3.05, 3.63) is 285 Å². The zero-order valence-corrected chi connectivity index (χ0v) is 43.7. The lowest BCUT2D eigenvalue weighted by Crippen LogP contribution is -1.98. The van der Waals surface area contributed by atoms with Crippen LogP contribution in [0.25, 0.3) is 83.2 Å². The van der Waals surface area contributed by atoms with Crippen LogP contribution in [0, 0.1) is 0 Å². The third-order valence-electron chi connectivity index (χ3n) is 12.8. The predicted molar refractivity (Wildman–Crippen MR) is 325 cm³/mol. The summed E-state index contributed by atoms with van der Waals surface area (Å²) in [7, 11) is 0. The standard InChI is InChI=1S/C66H56N2.C3H6.C2H6/c1-7-22-58(23-8-2)68-65-41-36-55(43-62(65)63-45-56(51-26-16-11-17-27-51)44-61(66(63)68)53-30-20-13-21-31-53)54-35-40-64(67-57-37-33-50(34-38-57)46(4)9-3)60(42-54)48(6)59(52-28-18-12-19-29-52)39-32-47(5)49-24-14-10-15-25-49;1-3-2;1-2/h7-45,67H,1,5H2,2-4,6H3;3H,1H2,2H3;1-2H3/b23-8-,39-32-,46-9+,58-22+,59-48-;;. The van der Waals surface area contributed by atoms with Crippen LogP contribution in [0.2, 0.25) is 0 Å². The molecule has 0 bridgehead atoms. The van der Waals surface area contributed by atoms with Crippen molar-refractivity contribution in [3.8, 4) is 33.4 Å². The highest BCUT2D eigenvalue weighted by molar-refractivity contribution is 6.17. The van der Waals surface area contributed by atoms with Gasteiger partial charge >= 0.3 is 0 Å². The number of rotatable bonds is 14. The highest BCUT2D eigenvalue weighted by Gasteiger charge is 2.20. The Hall–Kier alpha value is -8.72. The van der Waals surface area contributed by atoms with Crippen LogP contribution in [0.4, 0.5) is 11.4 Å². The van der Waals surface area contributed by atoms with Crippen molar-refractivity contribution in [1.82, 2.24) is 4.57 Å². The smallest absolute Gasteiger partial charge is 0.0619 e. The summed E-state index contributed by atoms with van der Waals surface area (Å²) in [4.78, 5) is 0. The average molecular weight is 949 g/mol. The highest BCUT2D eigenvalue weighted by atomic mass is 15.0. The third kappa shape index (κ3) is 12.1. The molecule has 0 unspecified atom stereocenters. The van der Waals surface area contributed by atoms with Gasteiger partial charge in [0.05, 0.1) is 11.0 Å². The summed E-state index contributed by atoms with van der Waals surface area (Å²) in [5.74, 6) is 0. The number of allylic oxidation sites excluding steroid dienone is 13. The van der Waals surface area contributed by atoms with Crippen LogP contribution in [0.15, 0.2) is 262 Å². The monoisotopic (exact) mass is 949 g/mol. The molecule has 1 N–H and O–H groups in total. The molecule has 1 aromatic heterocycles. The van der Waals surface area contributed by atoms with Crippen molar-refractivity contribution in [2.75, 3.05) is 5.32 Å². The van der Waals surface area contributed by atoms with Gasteiger partial charge in [0, 0.05) is 39.0 Å². The van der Waals surface area contributed by atoms with Crippen LogP contribution in [0.3, 0.4) is 0 Å². The van der Waals surface area contributed by atoms with E-state index in [0.29, 0.717) is 0 Å². The zero-order valence-electron chi connectivity index (χ0n) is 43.7. The van der Waals surface area contributed by atoms with Gasteiger partial charge in [-0.25, -0.2) is 0 Å². The molecule has 0 aliphatic heterocycles. The number of anilines is 2. The highest BCUT2D eigenvalue weighted by Crippen LogP contribution is 2.44. The summed E-state index contributed by atoms with van der Waals surface area (Å²) in [6.45, 7) is 26.4. The fraction of sp³-hybridized carbons (Fsp3) is 0.0986. The van der Waals surface area contributed by atoms with Crippen molar-refractivity contribution in [1.29, 1.82) is 0 Å². The van der Waals surface area contributed by atoms with Gasteiger partial charge in [0.1, 0.15) is 0 Å². The van der Waals surface area contributed by atoms with Gasteiger partial charge in [0.25, 0.3) is 0 Å². The van der Waals surface area contributed by atoms with Crippen LogP contribution in [-0.2, 0) is 0 Å². The van der Waals surface area contributed by atoms with Gasteiger partial charge in [0.2, 0.25) is 0 Å². The third-order valence-corrected chi connectivity index (χ3v) is 12.8. The Morgan fingerprint density at radius 3 is 1.68 bits per heavy atom. The van der Waals surface area contributed by atoms with Crippen LogP contribution >= 0.6 is 0 Å². The SMILES string of the molecule is C=C/C=C(\C=C/C)n1c2ccc(-c3ccc(Nc4ccc(/C(C)=C/C)cc4)c(/C(C)=C(/C=C\C(=C)c4ccccc4)c4ccccc4)c3)cc2c2cc(-c3ccccc3)cc(-c3ccccc3)c21.C=CC.CC. The Balaban J connectivity index is 0.00000151. The average Bonchev–Trinajstić information content (AvgIpc) is 3.78. The maximum Gasteiger partial charge on any atom is 0.0619 e. The molecule has 0 aliphatic carbocycles. The Bertz CT molecular complexity index is 3480. The Morgan fingerprint density at radius 1 is 0.521 bits per heavy atom. The zero-order chi connectivity index (χ0) is 51.7. The van der Waals surface area contributed by atoms with Crippen LogP contribution in [-0.4, -0.2) is 4.57 Å². The summed E-state index contributed by atoms with van der Waals surface area (Å²) >= 11 is 0. The number of hydrogen-bond acceptors (Lipinski definition) is 1. The Kier molecular flexibility index (Phi) is 18.1. The fourth-order valence-electron chi connectivity index (χ4n) is 9.14. The Morgan fingerprint density at radius 2 is 1.08 bits per heavy atom. The van der Waals surface area contributed by atoms with Crippen LogP contribution in [0.1, 0.15) is 70.7 Å². The first kappa shape index (κ1) is 52.1. The molecule has 0 spiro atoms. The molecule has 362 valence electrons. The first-order valence-corrected chi connectivity index (χ1v) is 25.4. The maximum absolute atomic E-state index is 4.46. The summed E-state index contributed by atoms with van der Waals surface area (Å²) < 4.78 is 2.41. The summed E-state index contributed by atoms with van der Waals surface area (Å²) in [6, 6.07) is 69.7. The van der Waals surface area contributed by atoms with E-state index < -0.39 is 0 Å². The van der Waals surface area contributed by atoms with Gasteiger partial charge in [-0.15, -0.1) is 6.58 Å². The van der Waals surface area contributed by atoms with E-state index in [1.54, 1.807) is 6.08 Å². The molecule has 2 nitrogen and oxygen atoms in total. The number of fused-ring (bicyclic) bond motifs is 3. The second-order valence-electron chi connectivity index (χ2n) is 17.5. The first-order valence-electron chi connectivity index (χ1n) is 25.4. The van der Waals surface area contributed by atoms with Crippen LogP contribution < -0.4 is 5.32 Å². The molecule has 0 saturated carbocycles. The molecule has 9 rings (SSSR count). The molecule has 2 heteroatoms.